The van der Waals surface area contributed by atoms with Crippen molar-refractivity contribution in [3.8, 4) is 0 Å². The van der Waals surface area contributed by atoms with Gasteiger partial charge in [-0.2, -0.15) is 5.10 Å². The van der Waals surface area contributed by atoms with E-state index in [9.17, 15) is 4.79 Å². The Morgan fingerprint density at radius 3 is 2.74 bits per heavy atom. The van der Waals surface area contributed by atoms with Crippen molar-refractivity contribution in [2.45, 2.75) is 24.3 Å². The number of hydrogen-bond donors (Lipinski definition) is 2. The minimum atomic E-state index is -0.0983. The first-order valence-corrected chi connectivity index (χ1v) is 7.17. The average molecular weight is 273 g/mol. The van der Waals surface area contributed by atoms with Gasteiger partial charge in [0.1, 0.15) is 0 Å². The number of nitrogens with zero attached hydrogens (tertiary/aromatic N) is 1. The number of fused-ring (bicyclic) bond motifs is 1. The van der Waals surface area contributed by atoms with E-state index in [0.717, 1.165) is 11.3 Å². The number of aromatic nitrogens is 2. The summed E-state index contributed by atoms with van der Waals surface area (Å²) in [4.78, 5) is 12.0. The maximum absolute atomic E-state index is 12.0. The van der Waals surface area contributed by atoms with Gasteiger partial charge >= 0.3 is 0 Å². The third-order valence-electron chi connectivity index (χ3n) is 3.31. The van der Waals surface area contributed by atoms with Crippen molar-refractivity contribution in [3.05, 3.63) is 47.2 Å². The van der Waals surface area contributed by atoms with Crippen molar-refractivity contribution in [1.29, 1.82) is 0 Å². The molecule has 1 aliphatic heterocycles. The van der Waals surface area contributed by atoms with Crippen LogP contribution >= 0.6 is 11.8 Å². The molecular weight excluding hydrogens is 258 g/mol. The smallest absolute Gasteiger partial charge is 0.238 e. The fourth-order valence-electron chi connectivity index (χ4n) is 2.28. The van der Waals surface area contributed by atoms with Gasteiger partial charge < -0.3 is 5.32 Å². The van der Waals surface area contributed by atoms with Gasteiger partial charge in [-0.1, -0.05) is 30.3 Å². The topological polar surface area (TPSA) is 57.8 Å². The lowest BCUT2D eigenvalue weighted by Crippen LogP contribution is -2.21. The van der Waals surface area contributed by atoms with E-state index >= 15 is 0 Å². The quantitative estimate of drug-likeness (QED) is 0.840. The van der Waals surface area contributed by atoms with Gasteiger partial charge in [-0.3, -0.25) is 9.89 Å². The molecule has 4 nitrogen and oxygen atoms in total. The molecule has 2 heterocycles. The molecule has 98 valence electrons. The molecular formula is C14H15N3OS. The van der Waals surface area contributed by atoms with Crippen molar-refractivity contribution in [2.24, 2.45) is 0 Å². The van der Waals surface area contributed by atoms with E-state index in [1.54, 1.807) is 11.8 Å². The van der Waals surface area contributed by atoms with E-state index in [2.05, 4.69) is 27.6 Å². The summed E-state index contributed by atoms with van der Waals surface area (Å²) in [6.07, 6.45) is 0. The summed E-state index contributed by atoms with van der Waals surface area (Å²) in [6, 6.07) is 10.2. The minimum Gasteiger partial charge on any atom is -0.308 e. The Hall–Kier alpha value is -1.75. The average Bonchev–Trinajstić information content (AvgIpc) is 2.71. The molecule has 0 bridgehead atoms. The van der Waals surface area contributed by atoms with Crippen LogP contribution < -0.4 is 5.32 Å². The molecule has 0 aliphatic carbocycles. The summed E-state index contributed by atoms with van der Waals surface area (Å²) in [5.41, 5.74) is 3.28. The van der Waals surface area contributed by atoms with Crippen LogP contribution in [0.15, 0.2) is 30.3 Å². The highest BCUT2D eigenvalue weighted by molar-refractivity contribution is 8.01. The highest BCUT2D eigenvalue weighted by atomic mass is 32.2. The maximum Gasteiger partial charge on any atom is 0.238 e. The molecule has 0 radical (unpaired) electrons. The highest BCUT2D eigenvalue weighted by Gasteiger charge is 2.31. The molecule has 1 aromatic heterocycles. The summed E-state index contributed by atoms with van der Waals surface area (Å²) in [7, 11) is 0. The van der Waals surface area contributed by atoms with Gasteiger partial charge in [-0.25, -0.2) is 0 Å². The first-order chi connectivity index (χ1) is 9.16. The first kappa shape index (κ1) is 12.3. The molecule has 0 saturated heterocycles. The van der Waals surface area contributed by atoms with Crippen LogP contribution in [0.3, 0.4) is 0 Å². The van der Waals surface area contributed by atoms with Crippen molar-refractivity contribution in [2.75, 3.05) is 5.32 Å². The number of carbonyl (C=O) groups excluding carboxylic acids is 1. The van der Waals surface area contributed by atoms with Crippen LogP contribution in [0.4, 0.5) is 5.82 Å². The number of thioether (sulfide) groups is 1. The SMILES string of the molecule is Cc1[nH]nc2c1C(c1ccccc1)SC(C)C(=O)N2. The zero-order valence-corrected chi connectivity index (χ0v) is 11.6. The predicted octanol–water partition coefficient (Wildman–Crippen LogP) is 2.88. The van der Waals surface area contributed by atoms with Gasteiger partial charge in [-0.15, -0.1) is 11.8 Å². The van der Waals surface area contributed by atoms with Crippen LogP contribution in [0.5, 0.6) is 0 Å². The minimum absolute atomic E-state index is 0.0104. The van der Waals surface area contributed by atoms with Crippen molar-refractivity contribution >= 4 is 23.5 Å². The van der Waals surface area contributed by atoms with E-state index in [1.165, 1.54) is 5.56 Å². The molecule has 2 atom stereocenters. The largest absolute Gasteiger partial charge is 0.308 e. The predicted molar refractivity (Wildman–Crippen MR) is 77.3 cm³/mol. The van der Waals surface area contributed by atoms with Crippen LogP contribution in [0.1, 0.15) is 29.0 Å². The summed E-state index contributed by atoms with van der Waals surface area (Å²) in [5, 5.41) is 10.1. The Balaban J connectivity index is 2.12. The molecule has 5 heteroatoms. The van der Waals surface area contributed by atoms with Gasteiger partial charge in [-0.05, 0) is 19.4 Å². The van der Waals surface area contributed by atoms with Crippen LogP contribution in [0, 0.1) is 6.92 Å². The number of H-pyrrole nitrogens is 1. The normalized spacial score (nSPS) is 22.5. The maximum atomic E-state index is 12.0. The molecule has 19 heavy (non-hydrogen) atoms. The highest BCUT2D eigenvalue weighted by Crippen LogP contribution is 2.44. The number of amides is 1. The Labute approximate surface area is 116 Å². The third kappa shape index (κ3) is 2.14. The lowest BCUT2D eigenvalue weighted by atomic mass is 10.0. The van der Waals surface area contributed by atoms with Gasteiger partial charge in [0.25, 0.3) is 0 Å². The number of carbonyl (C=O) groups is 1. The number of hydrogen-bond acceptors (Lipinski definition) is 3. The van der Waals surface area contributed by atoms with E-state index in [1.807, 2.05) is 32.0 Å². The summed E-state index contributed by atoms with van der Waals surface area (Å²) in [5.74, 6) is 0.671. The number of aryl methyl sites for hydroxylation is 1. The Morgan fingerprint density at radius 2 is 2.00 bits per heavy atom. The second kappa shape index (κ2) is 4.74. The van der Waals surface area contributed by atoms with Crippen molar-refractivity contribution in [3.63, 3.8) is 0 Å². The Bertz CT molecular complexity index is 608. The van der Waals surface area contributed by atoms with Gasteiger partial charge in [0.2, 0.25) is 5.91 Å². The third-order valence-corrected chi connectivity index (χ3v) is 4.71. The van der Waals surface area contributed by atoms with E-state index in [4.69, 9.17) is 0 Å². The Kier molecular flexibility index (Phi) is 3.06. The van der Waals surface area contributed by atoms with Gasteiger partial charge in [0.15, 0.2) is 5.82 Å². The monoisotopic (exact) mass is 273 g/mol. The molecule has 2 N–H and O–H groups in total. The van der Waals surface area contributed by atoms with Gasteiger partial charge in [0, 0.05) is 11.3 Å². The molecule has 3 rings (SSSR count). The molecule has 1 aliphatic rings. The zero-order valence-electron chi connectivity index (χ0n) is 10.8. The number of rotatable bonds is 1. The molecule has 0 spiro atoms. The zero-order chi connectivity index (χ0) is 13.4. The second-order valence-electron chi connectivity index (χ2n) is 4.67. The summed E-state index contributed by atoms with van der Waals surface area (Å²) >= 11 is 1.66. The van der Waals surface area contributed by atoms with E-state index in [0.29, 0.717) is 5.82 Å². The summed E-state index contributed by atoms with van der Waals surface area (Å²) < 4.78 is 0. The van der Waals surface area contributed by atoms with Crippen molar-refractivity contribution in [1.82, 2.24) is 10.2 Å². The van der Waals surface area contributed by atoms with E-state index < -0.39 is 0 Å². The van der Waals surface area contributed by atoms with Crippen molar-refractivity contribution < 1.29 is 4.79 Å². The second-order valence-corrected chi connectivity index (χ2v) is 6.12. The molecule has 1 amide bonds. The summed E-state index contributed by atoms with van der Waals surface area (Å²) in [6.45, 7) is 3.92. The number of nitrogens with one attached hydrogen (secondary N) is 2. The standard InChI is InChI=1S/C14H15N3OS/c1-8-11-12(10-6-4-3-5-7-10)19-9(2)14(18)15-13(11)17-16-8/h3-7,9,12H,1-2H3,(H2,15,16,17,18). The van der Waals surface area contributed by atoms with Crippen LogP contribution in [0.2, 0.25) is 0 Å². The molecule has 0 fully saturated rings. The molecule has 2 unspecified atom stereocenters. The van der Waals surface area contributed by atoms with Gasteiger partial charge in [0.05, 0.1) is 10.5 Å². The van der Waals surface area contributed by atoms with E-state index in [-0.39, 0.29) is 16.4 Å². The number of aromatic amines is 1. The molecule has 1 aromatic carbocycles. The molecule has 0 saturated carbocycles. The number of anilines is 1. The number of benzene rings is 1. The lowest BCUT2D eigenvalue weighted by molar-refractivity contribution is -0.115. The fraction of sp³-hybridized carbons (Fsp3) is 0.286. The van der Waals surface area contributed by atoms with Crippen LogP contribution in [0.25, 0.3) is 0 Å². The fourth-order valence-corrected chi connectivity index (χ4v) is 3.61. The van der Waals surface area contributed by atoms with Crippen LogP contribution in [-0.2, 0) is 4.79 Å². The van der Waals surface area contributed by atoms with Crippen LogP contribution in [-0.4, -0.2) is 21.4 Å². The first-order valence-electron chi connectivity index (χ1n) is 6.23. The lowest BCUT2D eigenvalue weighted by Gasteiger charge is -2.17. The Morgan fingerprint density at radius 1 is 1.26 bits per heavy atom. The molecule has 2 aromatic rings.